The molecule has 0 spiro atoms. The molecular weight excluding hydrogens is 420 g/mol. The molecule has 0 bridgehead atoms. The lowest BCUT2D eigenvalue weighted by Gasteiger charge is -2.36. The molecule has 7 nitrogen and oxygen atoms in total. The van der Waals surface area contributed by atoms with Crippen LogP contribution in [0, 0.1) is 17.8 Å². The van der Waals surface area contributed by atoms with Crippen molar-refractivity contribution in [2.45, 2.75) is 84.1 Å². The van der Waals surface area contributed by atoms with Crippen LogP contribution in [0.4, 0.5) is 0 Å². The van der Waals surface area contributed by atoms with Gasteiger partial charge in [-0.1, -0.05) is 49.6 Å². The van der Waals surface area contributed by atoms with E-state index in [1.165, 1.54) is 6.42 Å². The number of carbonyl (C=O) groups excluding carboxylic acids is 2. The number of carbonyl (C=O) groups is 2. The number of esters is 2. The van der Waals surface area contributed by atoms with Crippen molar-refractivity contribution in [3.63, 3.8) is 0 Å². The van der Waals surface area contributed by atoms with Crippen molar-refractivity contribution in [1.82, 2.24) is 5.06 Å². The zero-order chi connectivity index (χ0) is 24.0. The van der Waals surface area contributed by atoms with Crippen molar-refractivity contribution in [3.8, 4) is 0 Å². The quantitative estimate of drug-likeness (QED) is 0.589. The van der Waals surface area contributed by atoms with Crippen LogP contribution >= 0.6 is 0 Å². The Morgan fingerprint density at radius 3 is 2.42 bits per heavy atom. The van der Waals surface area contributed by atoms with Gasteiger partial charge in [0.05, 0.1) is 6.61 Å². The molecule has 1 aromatic carbocycles. The lowest BCUT2D eigenvalue weighted by molar-refractivity contribution is -0.193. The van der Waals surface area contributed by atoms with Gasteiger partial charge in [0.1, 0.15) is 23.5 Å². The molecule has 2 N–H and O–H groups in total. The highest BCUT2D eigenvalue weighted by molar-refractivity contribution is 5.78. The third kappa shape index (κ3) is 7.01. The van der Waals surface area contributed by atoms with Gasteiger partial charge in [0.2, 0.25) is 0 Å². The summed E-state index contributed by atoms with van der Waals surface area (Å²) in [5.74, 6) is -1.92. The van der Waals surface area contributed by atoms with Gasteiger partial charge in [0.25, 0.3) is 0 Å². The van der Waals surface area contributed by atoms with Gasteiger partial charge in [0, 0.05) is 19.1 Å². The van der Waals surface area contributed by atoms with E-state index in [4.69, 9.17) is 20.0 Å². The molecule has 1 saturated carbocycles. The van der Waals surface area contributed by atoms with Crippen molar-refractivity contribution in [3.05, 3.63) is 35.9 Å². The molecule has 2 fully saturated rings. The Morgan fingerprint density at radius 1 is 1.15 bits per heavy atom. The molecule has 0 radical (unpaired) electrons. The Bertz CT molecular complexity index is 773. The molecule has 1 heterocycles. The third-order valence-electron chi connectivity index (χ3n) is 6.50. The molecule has 33 heavy (non-hydrogen) atoms. The molecule has 1 aromatic rings. The molecule has 4 atom stereocenters. The first-order valence-corrected chi connectivity index (χ1v) is 12.3. The van der Waals surface area contributed by atoms with Crippen molar-refractivity contribution >= 4 is 11.9 Å². The van der Waals surface area contributed by atoms with Gasteiger partial charge >= 0.3 is 11.9 Å². The molecule has 7 heteroatoms. The lowest BCUT2D eigenvalue weighted by Crippen LogP contribution is -2.52. The Hall–Kier alpha value is -1.96. The summed E-state index contributed by atoms with van der Waals surface area (Å²) in [6, 6.07) is 9.46. The predicted molar refractivity (Wildman–Crippen MR) is 126 cm³/mol. The number of benzene rings is 1. The van der Waals surface area contributed by atoms with Crippen LogP contribution < -0.4 is 5.73 Å². The minimum absolute atomic E-state index is 0.200. The van der Waals surface area contributed by atoms with Gasteiger partial charge in [-0.3, -0.25) is 14.4 Å². The zero-order valence-corrected chi connectivity index (χ0v) is 20.5. The Labute approximate surface area is 197 Å². The maximum Gasteiger partial charge on any atom is 0.313 e. The molecule has 184 valence electrons. The van der Waals surface area contributed by atoms with Crippen LogP contribution in [0.2, 0.25) is 0 Å². The standard InChI is InChI=1S/C26H40N2O5/c1-5-31-24(29)20-17-28(16-18-12-8-6-9-13-18)33-23(20)21(25(30)32-26(2,3)4)22(27)19-14-10-7-11-15-19/h6,8-9,12-13,19-23H,5,7,10-11,14-17,27H2,1-4H3. The topological polar surface area (TPSA) is 91.1 Å². The SMILES string of the molecule is CCOC(=O)C1CN(Cc2ccccc2)OC1C(C(=O)OC(C)(C)C)C(N)C1CCCCC1. The zero-order valence-electron chi connectivity index (χ0n) is 20.5. The second-order valence-electron chi connectivity index (χ2n) is 10.3. The lowest BCUT2D eigenvalue weighted by atomic mass is 9.75. The van der Waals surface area contributed by atoms with Crippen LogP contribution in [-0.2, 0) is 30.4 Å². The normalized spacial score (nSPS) is 24.3. The number of ether oxygens (including phenoxy) is 2. The van der Waals surface area contributed by atoms with E-state index in [-0.39, 0.29) is 18.5 Å². The molecular formula is C26H40N2O5. The second-order valence-corrected chi connectivity index (χ2v) is 10.3. The van der Waals surface area contributed by atoms with Crippen LogP contribution in [0.25, 0.3) is 0 Å². The largest absolute Gasteiger partial charge is 0.466 e. The summed E-state index contributed by atoms with van der Waals surface area (Å²) < 4.78 is 11.2. The van der Waals surface area contributed by atoms with Gasteiger partial charge in [-0.05, 0) is 52.0 Å². The summed E-state index contributed by atoms with van der Waals surface area (Å²) in [6.07, 6.45) is 4.63. The van der Waals surface area contributed by atoms with E-state index < -0.39 is 35.6 Å². The highest BCUT2D eigenvalue weighted by Crippen LogP contribution is 2.37. The number of nitrogens with two attached hydrogens (primary N) is 1. The van der Waals surface area contributed by atoms with E-state index in [9.17, 15) is 9.59 Å². The first-order chi connectivity index (χ1) is 15.7. The van der Waals surface area contributed by atoms with Crippen LogP contribution in [0.5, 0.6) is 0 Å². The first-order valence-electron chi connectivity index (χ1n) is 12.3. The fraction of sp³-hybridized carbons (Fsp3) is 0.692. The van der Waals surface area contributed by atoms with Crippen molar-refractivity contribution in [2.24, 2.45) is 23.5 Å². The van der Waals surface area contributed by atoms with Crippen molar-refractivity contribution in [1.29, 1.82) is 0 Å². The van der Waals surface area contributed by atoms with Gasteiger partial charge in [-0.25, -0.2) is 0 Å². The van der Waals surface area contributed by atoms with E-state index in [1.807, 2.05) is 51.1 Å². The molecule has 1 saturated heterocycles. The molecule has 1 aliphatic heterocycles. The van der Waals surface area contributed by atoms with Crippen molar-refractivity contribution in [2.75, 3.05) is 13.2 Å². The van der Waals surface area contributed by atoms with E-state index in [2.05, 4.69) is 0 Å². The average molecular weight is 461 g/mol. The fourth-order valence-electron chi connectivity index (χ4n) is 4.97. The number of rotatable bonds is 8. The predicted octanol–water partition coefficient (Wildman–Crippen LogP) is 3.85. The van der Waals surface area contributed by atoms with E-state index >= 15 is 0 Å². The second kappa shape index (κ2) is 11.4. The van der Waals surface area contributed by atoms with E-state index in [1.54, 1.807) is 12.0 Å². The van der Waals surface area contributed by atoms with Crippen LogP contribution in [0.15, 0.2) is 30.3 Å². The van der Waals surface area contributed by atoms with Gasteiger partial charge < -0.3 is 15.2 Å². The molecule has 3 rings (SSSR count). The Kier molecular flexibility index (Phi) is 8.90. The Morgan fingerprint density at radius 2 is 1.82 bits per heavy atom. The van der Waals surface area contributed by atoms with Gasteiger partial charge in [-0.2, -0.15) is 5.06 Å². The number of hydrogen-bond donors (Lipinski definition) is 1. The number of hydroxylamine groups is 2. The summed E-state index contributed by atoms with van der Waals surface area (Å²) in [5.41, 5.74) is 7.17. The van der Waals surface area contributed by atoms with Gasteiger partial charge in [0.15, 0.2) is 0 Å². The fourth-order valence-corrected chi connectivity index (χ4v) is 4.97. The molecule has 4 unspecified atom stereocenters. The summed E-state index contributed by atoms with van der Waals surface area (Å²) in [5, 5.41) is 1.76. The molecule has 0 amide bonds. The minimum Gasteiger partial charge on any atom is -0.466 e. The number of hydrogen-bond acceptors (Lipinski definition) is 7. The number of nitrogens with zero attached hydrogens (tertiary/aromatic N) is 1. The first kappa shape index (κ1) is 25.7. The third-order valence-corrected chi connectivity index (χ3v) is 6.50. The maximum atomic E-state index is 13.5. The van der Waals surface area contributed by atoms with Gasteiger partial charge in [-0.15, -0.1) is 0 Å². The van der Waals surface area contributed by atoms with E-state index in [0.717, 1.165) is 31.2 Å². The molecule has 1 aliphatic carbocycles. The van der Waals surface area contributed by atoms with Crippen molar-refractivity contribution < 1.29 is 23.9 Å². The smallest absolute Gasteiger partial charge is 0.313 e. The summed E-state index contributed by atoms with van der Waals surface area (Å²) >= 11 is 0. The highest BCUT2D eigenvalue weighted by atomic mass is 16.7. The summed E-state index contributed by atoms with van der Waals surface area (Å²) in [4.78, 5) is 32.7. The highest BCUT2D eigenvalue weighted by Gasteiger charge is 2.51. The monoisotopic (exact) mass is 460 g/mol. The minimum atomic E-state index is -0.748. The van der Waals surface area contributed by atoms with E-state index in [0.29, 0.717) is 13.1 Å². The summed E-state index contributed by atoms with van der Waals surface area (Å²) in [6.45, 7) is 8.43. The maximum absolute atomic E-state index is 13.5. The van der Waals surface area contributed by atoms with Crippen LogP contribution in [0.1, 0.15) is 65.4 Å². The summed E-state index contributed by atoms with van der Waals surface area (Å²) in [7, 11) is 0. The Balaban J connectivity index is 1.88. The average Bonchev–Trinajstić information content (AvgIpc) is 3.17. The molecule has 0 aromatic heterocycles. The van der Waals surface area contributed by atoms with Crippen LogP contribution in [-0.4, -0.2) is 47.9 Å². The van der Waals surface area contributed by atoms with Crippen LogP contribution in [0.3, 0.4) is 0 Å². The molecule has 2 aliphatic rings.